The van der Waals surface area contributed by atoms with Crippen molar-refractivity contribution in [1.29, 1.82) is 0 Å². The molecule has 0 aliphatic carbocycles. The van der Waals surface area contributed by atoms with E-state index in [9.17, 15) is 18.8 Å². The summed E-state index contributed by atoms with van der Waals surface area (Å²) in [5, 5.41) is 8.76. The van der Waals surface area contributed by atoms with Gasteiger partial charge in [-0.1, -0.05) is 38.1 Å². The van der Waals surface area contributed by atoms with Gasteiger partial charge in [-0.2, -0.15) is 0 Å². The van der Waals surface area contributed by atoms with Crippen molar-refractivity contribution in [1.82, 2.24) is 10.2 Å². The average Bonchev–Trinajstić information content (AvgIpc) is 3.19. The molecule has 3 aromatic rings. The molecule has 0 radical (unpaired) electrons. The Hall–Kier alpha value is -4.40. The van der Waals surface area contributed by atoms with E-state index in [1.807, 2.05) is 37.3 Å². The number of hydrogen-bond donors (Lipinski definition) is 3. The average molecular weight is 546 g/mol. The first kappa shape index (κ1) is 28.6. The van der Waals surface area contributed by atoms with Gasteiger partial charge >= 0.3 is 6.03 Å². The number of hydrogen-bond acceptors (Lipinski definition) is 4. The molecule has 0 unspecified atom stereocenters. The molecule has 3 aromatic carbocycles. The maximum Gasteiger partial charge on any atom is 0.321 e. The molecule has 4 amide bonds. The van der Waals surface area contributed by atoms with Gasteiger partial charge in [0.1, 0.15) is 5.82 Å². The van der Waals surface area contributed by atoms with Crippen LogP contribution in [0, 0.1) is 18.7 Å². The second-order valence-electron chi connectivity index (χ2n) is 10.3. The van der Waals surface area contributed by atoms with Crippen molar-refractivity contribution >= 4 is 34.9 Å². The smallest absolute Gasteiger partial charge is 0.321 e. The van der Waals surface area contributed by atoms with Gasteiger partial charge in [-0.3, -0.25) is 9.59 Å². The molecule has 9 heteroatoms. The topological polar surface area (TPSA) is 93.8 Å². The summed E-state index contributed by atoms with van der Waals surface area (Å²) >= 11 is 0. The number of aryl methyl sites for hydroxylation is 1. The molecule has 8 nitrogen and oxygen atoms in total. The van der Waals surface area contributed by atoms with E-state index in [-0.39, 0.29) is 36.1 Å². The zero-order valence-corrected chi connectivity index (χ0v) is 23.2. The summed E-state index contributed by atoms with van der Waals surface area (Å²) in [6.07, 6.45) is 0.726. The molecule has 1 saturated heterocycles. The monoisotopic (exact) mass is 545 g/mol. The predicted molar refractivity (Wildman–Crippen MR) is 156 cm³/mol. The Kier molecular flexibility index (Phi) is 9.37. The summed E-state index contributed by atoms with van der Waals surface area (Å²) in [7, 11) is 0. The Morgan fingerprint density at radius 2 is 1.62 bits per heavy atom. The van der Waals surface area contributed by atoms with Crippen LogP contribution in [0.2, 0.25) is 0 Å². The standard InChI is InChI=1S/C31H36FN5O3/c1-21(2)29(38)34-26-12-13-28(27(19-26)30(39)33-20-23-8-10-24(32)11-9-23)36-14-5-15-37(17-16-36)31(40)35-25-7-4-6-22(3)18-25/h4,6-13,18-19,21H,5,14-17,20H2,1-3H3,(H,33,39)(H,34,38)(H,35,40). The van der Waals surface area contributed by atoms with Gasteiger partial charge in [0.05, 0.1) is 5.56 Å². The Morgan fingerprint density at radius 3 is 2.35 bits per heavy atom. The van der Waals surface area contributed by atoms with Crippen molar-refractivity contribution in [2.24, 2.45) is 5.92 Å². The SMILES string of the molecule is Cc1cccc(NC(=O)N2CCCN(c3ccc(NC(=O)C(C)C)cc3C(=O)NCc3ccc(F)cc3)CC2)c1. The number of nitrogens with zero attached hydrogens (tertiary/aromatic N) is 2. The van der Waals surface area contributed by atoms with Crippen molar-refractivity contribution in [3.63, 3.8) is 0 Å². The molecule has 1 fully saturated rings. The Bertz CT molecular complexity index is 1360. The number of urea groups is 1. The molecule has 1 heterocycles. The summed E-state index contributed by atoms with van der Waals surface area (Å²) < 4.78 is 13.3. The maximum absolute atomic E-state index is 13.4. The molecule has 1 aliphatic heterocycles. The van der Waals surface area contributed by atoms with E-state index >= 15 is 0 Å². The molecule has 0 atom stereocenters. The lowest BCUT2D eigenvalue weighted by molar-refractivity contribution is -0.118. The van der Waals surface area contributed by atoms with Crippen LogP contribution < -0.4 is 20.9 Å². The fourth-order valence-electron chi connectivity index (χ4n) is 4.52. The van der Waals surface area contributed by atoms with Crippen LogP contribution in [0.25, 0.3) is 0 Å². The molecular formula is C31H36FN5O3. The number of carbonyl (C=O) groups excluding carboxylic acids is 3. The Balaban J connectivity index is 1.50. The second kappa shape index (κ2) is 13.1. The van der Waals surface area contributed by atoms with Gasteiger partial charge in [-0.05, 0) is 66.9 Å². The lowest BCUT2D eigenvalue weighted by Crippen LogP contribution is -2.38. The Morgan fingerprint density at radius 1 is 0.875 bits per heavy atom. The molecule has 3 N–H and O–H groups in total. The van der Waals surface area contributed by atoms with Gasteiger partial charge in [-0.25, -0.2) is 9.18 Å². The third-order valence-corrected chi connectivity index (χ3v) is 6.79. The van der Waals surface area contributed by atoms with Crippen molar-refractivity contribution < 1.29 is 18.8 Å². The third kappa shape index (κ3) is 7.59. The quantitative estimate of drug-likeness (QED) is 0.371. The van der Waals surface area contributed by atoms with Crippen LogP contribution in [0.4, 0.5) is 26.2 Å². The summed E-state index contributed by atoms with van der Waals surface area (Å²) in [5.41, 5.74) is 4.26. The minimum Gasteiger partial charge on any atom is -0.369 e. The molecule has 4 rings (SSSR count). The fourth-order valence-corrected chi connectivity index (χ4v) is 4.52. The normalized spacial score (nSPS) is 13.5. The first-order valence-electron chi connectivity index (χ1n) is 13.5. The number of rotatable bonds is 7. The summed E-state index contributed by atoms with van der Waals surface area (Å²) in [6.45, 7) is 8.08. The highest BCUT2D eigenvalue weighted by molar-refractivity contribution is 6.02. The highest BCUT2D eigenvalue weighted by atomic mass is 19.1. The molecule has 1 aliphatic rings. The van der Waals surface area contributed by atoms with E-state index in [2.05, 4.69) is 20.9 Å². The van der Waals surface area contributed by atoms with Gasteiger partial charge < -0.3 is 25.8 Å². The zero-order chi connectivity index (χ0) is 28.6. The Labute approximate surface area is 234 Å². The van der Waals surface area contributed by atoms with Crippen molar-refractivity contribution in [2.45, 2.75) is 33.7 Å². The van der Waals surface area contributed by atoms with Gasteiger partial charge in [0, 0.05) is 55.7 Å². The van der Waals surface area contributed by atoms with Crippen LogP contribution in [0.5, 0.6) is 0 Å². The van der Waals surface area contributed by atoms with Gasteiger partial charge in [0.25, 0.3) is 5.91 Å². The van der Waals surface area contributed by atoms with Crippen molar-refractivity contribution in [3.05, 3.63) is 89.2 Å². The molecule has 0 bridgehead atoms. The number of anilines is 3. The van der Waals surface area contributed by atoms with Crippen LogP contribution in [0.15, 0.2) is 66.7 Å². The first-order chi connectivity index (χ1) is 19.2. The van der Waals surface area contributed by atoms with Crippen LogP contribution in [0.3, 0.4) is 0 Å². The molecule has 40 heavy (non-hydrogen) atoms. The maximum atomic E-state index is 13.4. The van der Waals surface area contributed by atoms with Crippen LogP contribution >= 0.6 is 0 Å². The second-order valence-corrected chi connectivity index (χ2v) is 10.3. The summed E-state index contributed by atoms with van der Waals surface area (Å²) in [6, 6.07) is 18.8. The van der Waals surface area contributed by atoms with E-state index in [1.165, 1.54) is 12.1 Å². The van der Waals surface area contributed by atoms with E-state index < -0.39 is 0 Å². The van der Waals surface area contributed by atoms with Crippen LogP contribution in [-0.2, 0) is 11.3 Å². The number of nitrogens with one attached hydrogen (secondary N) is 3. The summed E-state index contributed by atoms with van der Waals surface area (Å²) in [4.78, 5) is 42.6. The fraction of sp³-hybridized carbons (Fsp3) is 0.323. The first-order valence-corrected chi connectivity index (χ1v) is 13.5. The van der Waals surface area contributed by atoms with Gasteiger partial charge in [-0.15, -0.1) is 0 Å². The van der Waals surface area contributed by atoms with Crippen molar-refractivity contribution in [3.8, 4) is 0 Å². The van der Waals surface area contributed by atoms with Crippen LogP contribution in [0.1, 0.15) is 41.8 Å². The van der Waals surface area contributed by atoms with Crippen molar-refractivity contribution in [2.75, 3.05) is 41.7 Å². The van der Waals surface area contributed by atoms with E-state index in [0.717, 1.165) is 28.9 Å². The van der Waals surface area contributed by atoms with Gasteiger partial charge in [0.15, 0.2) is 0 Å². The molecule has 0 spiro atoms. The largest absolute Gasteiger partial charge is 0.369 e. The van der Waals surface area contributed by atoms with E-state index in [1.54, 1.807) is 43.0 Å². The molecule has 0 saturated carbocycles. The minimum atomic E-state index is -0.339. The van der Waals surface area contributed by atoms with Crippen LogP contribution in [-0.4, -0.2) is 48.9 Å². The molecular weight excluding hydrogens is 509 g/mol. The van der Waals surface area contributed by atoms with E-state index in [4.69, 9.17) is 0 Å². The number of benzene rings is 3. The highest BCUT2D eigenvalue weighted by Crippen LogP contribution is 2.26. The molecule has 210 valence electrons. The lowest BCUT2D eigenvalue weighted by atomic mass is 10.1. The zero-order valence-electron chi connectivity index (χ0n) is 23.2. The van der Waals surface area contributed by atoms with Gasteiger partial charge in [0.2, 0.25) is 5.91 Å². The predicted octanol–water partition coefficient (Wildman–Crippen LogP) is 5.40. The number of carbonyl (C=O) groups is 3. The third-order valence-electron chi connectivity index (χ3n) is 6.79. The minimum absolute atomic E-state index is 0.143. The van der Waals surface area contributed by atoms with E-state index in [0.29, 0.717) is 37.4 Å². The lowest BCUT2D eigenvalue weighted by Gasteiger charge is -2.26. The number of halogens is 1. The molecule has 0 aromatic heterocycles. The highest BCUT2D eigenvalue weighted by Gasteiger charge is 2.23. The number of amides is 4. The summed E-state index contributed by atoms with van der Waals surface area (Å²) in [5.74, 6) is -1.000.